The van der Waals surface area contributed by atoms with E-state index in [4.69, 9.17) is 5.73 Å². The minimum absolute atomic E-state index is 0.0399. The Morgan fingerprint density at radius 1 is 1.24 bits per heavy atom. The number of hydrogen-bond acceptors (Lipinski definition) is 2. The van der Waals surface area contributed by atoms with E-state index in [-0.39, 0.29) is 23.3 Å². The van der Waals surface area contributed by atoms with Crippen LogP contribution >= 0.6 is 0 Å². The monoisotopic (exact) mass is 294 g/mol. The van der Waals surface area contributed by atoms with Crippen LogP contribution in [0.1, 0.15) is 30.7 Å². The molecular weight excluding hydrogens is 274 g/mol. The molecule has 2 N–H and O–H groups in total. The number of halogens is 2. The summed E-state index contributed by atoms with van der Waals surface area (Å²) in [4.78, 5) is 14.2. The number of nitrogens with zero attached hydrogens (tertiary/aromatic N) is 1. The largest absolute Gasteiger partial charge is 0.342 e. The van der Waals surface area contributed by atoms with Gasteiger partial charge in [0.15, 0.2) is 0 Å². The molecule has 21 heavy (non-hydrogen) atoms. The van der Waals surface area contributed by atoms with Gasteiger partial charge in [0.1, 0.15) is 11.6 Å². The van der Waals surface area contributed by atoms with Crippen molar-refractivity contribution >= 4 is 5.91 Å². The van der Waals surface area contributed by atoms with Gasteiger partial charge in [0.05, 0.1) is 0 Å². The van der Waals surface area contributed by atoms with Gasteiger partial charge in [-0.05, 0) is 43.9 Å². The molecule has 1 aliphatic carbocycles. The molecule has 3 nitrogen and oxygen atoms in total. The highest BCUT2D eigenvalue weighted by atomic mass is 19.1. The summed E-state index contributed by atoms with van der Waals surface area (Å²) < 4.78 is 27.5. The van der Waals surface area contributed by atoms with Gasteiger partial charge < -0.3 is 10.6 Å². The smallest absolute Gasteiger partial charge is 0.226 e. The van der Waals surface area contributed by atoms with Gasteiger partial charge >= 0.3 is 0 Å². The van der Waals surface area contributed by atoms with Gasteiger partial charge in [-0.3, -0.25) is 4.79 Å². The van der Waals surface area contributed by atoms with Gasteiger partial charge in [0.25, 0.3) is 0 Å². The predicted molar refractivity (Wildman–Crippen MR) is 75.6 cm³/mol. The lowest BCUT2D eigenvalue weighted by Gasteiger charge is -2.31. The van der Waals surface area contributed by atoms with Crippen LogP contribution in [-0.4, -0.2) is 30.4 Å². The number of piperidine rings is 1. The number of benzene rings is 1. The molecule has 0 aromatic heterocycles. The number of nitrogens with two attached hydrogens (primary N) is 1. The van der Waals surface area contributed by atoms with E-state index >= 15 is 0 Å². The lowest BCUT2D eigenvalue weighted by molar-refractivity contribution is -0.134. The van der Waals surface area contributed by atoms with Crippen LogP contribution in [0.4, 0.5) is 8.78 Å². The molecule has 1 saturated heterocycles. The van der Waals surface area contributed by atoms with E-state index in [0.29, 0.717) is 32.0 Å². The van der Waals surface area contributed by atoms with Gasteiger partial charge in [0.2, 0.25) is 5.91 Å². The first-order valence-electron chi connectivity index (χ1n) is 7.54. The second-order valence-electron chi connectivity index (χ2n) is 6.09. The van der Waals surface area contributed by atoms with Crippen LogP contribution in [0.5, 0.6) is 0 Å². The minimum atomic E-state index is -0.544. The van der Waals surface area contributed by atoms with Crippen molar-refractivity contribution in [3.63, 3.8) is 0 Å². The molecule has 114 valence electrons. The van der Waals surface area contributed by atoms with Crippen LogP contribution in [0.25, 0.3) is 0 Å². The SMILES string of the molecule is NCC1CCN(C(=O)C2CC2c2c(F)cccc2F)CC1. The highest BCUT2D eigenvalue weighted by Gasteiger charge is 2.48. The normalized spacial score (nSPS) is 26.0. The summed E-state index contributed by atoms with van der Waals surface area (Å²) in [5.74, 6) is -1.11. The quantitative estimate of drug-likeness (QED) is 0.929. The Hall–Kier alpha value is -1.49. The molecule has 2 unspecified atom stereocenters. The van der Waals surface area contributed by atoms with Crippen LogP contribution in [0.15, 0.2) is 18.2 Å². The van der Waals surface area contributed by atoms with E-state index < -0.39 is 11.6 Å². The standard InChI is InChI=1S/C16H20F2N2O/c17-13-2-1-3-14(18)15(13)11-8-12(11)16(21)20-6-4-10(9-19)5-7-20/h1-3,10-12H,4-9,19H2. The Balaban J connectivity index is 1.64. The summed E-state index contributed by atoms with van der Waals surface area (Å²) in [6, 6.07) is 3.86. The summed E-state index contributed by atoms with van der Waals surface area (Å²) >= 11 is 0. The molecule has 1 heterocycles. The Morgan fingerprint density at radius 3 is 2.43 bits per heavy atom. The molecule has 1 aliphatic heterocycles. The Kier molecular flexibility index (Phi) is 3.93. The Bertz CT molecular complexity index is 521. The molecule has 1 saturated carbocycles. The third-order valence-corrected chi connectivity index (χ3v) is 4.74. The summed E-state index contributed by atoms with van der Waals surface area (Å²) in [6.07, 6.45) is 2.40. The average Bonchev–Trinajstić information content (AvgIpc) is 3.27. The lowest BCUT2D eigenvalue weighted by atomic mass is 9.96. The molecule has 2 aliphatic rings. The maximum Gasteiger partial charge on any atom is 0.226 e. The van der Waals surface area contributed by atoms with Crippen molar-refractivity contribution in [1.29, 1.82) is 0 Å². The van der Waals surface area contributed by atoms with Crippen molar-refractivity contribution in [2.45, 2.75) is 25.2 Å². The lowest BCUT2D eigenvalue weighted by Crippen LogP contribution is -2.41. The summed E-state index contributed by atoms with van der Waals surface area (Å²) in [6.45, 7) is 2.09. The fraction of sp³-hybridized carbons (Fsp3) is 0.562. The van der Waals surface area contributed by atoms with Crippen molar-refractivity contribution in [2.24, 2.45) is 17.6 Å². The third kappa shape index (κ3) is 2.79. The minimum Gasteiger partial charge on any atom is -0.342 e. The molecule has 0 radical (unpaired) electrons. The molecule has 0 bridgehead atoms. The third-order valence-electron chi connectivity index (χ3n) is 4.74. The topological polar surface area (TPSA) is 46.3 Å². The van der Waals surface area contributed by atoms with E-state index in [9.17, 15) is 13.6 Å². The van der Waals surface area contributed by atoms with Crippen molar-refractivity contribution < 1.29 is 13.6 Å². The number of rotatable bonds is 3. The van der Waals surface area contributed by atoms with Gasteiger partial charge in [-0.15, -0.1) is 0 Å². The Morgan fingerprint density at radius 2 is 1.86 bits per heavy atom. The summed E-state index contributed by atoms with van der Waals surface area (Å²) in [7, 11) is 0. The first-order chi connectivity index (χ1) is 10.1. The maximum atomic E-state index is 13.7. The maximum absolute atomic E-state index is 13.7. The zero-order valence-corrected chi connectivity index (χ0v) is 11.9. The van der Waals surface area contributed by atoms with E-state index in [0.717, 1.165) is 12.8 Å². The van der Waals surface area contributed by atoms with Gasteiger partial charge in [-0.2, -0.15) is 0 Å². The number of carbonyl (C=O) groups excluding carboxylic acids is 1. The predicted octanol–water partition coefficient (Wildman–Crippen LogP) is 2.27. The number of amides is 1. The van der Waals surface area contributed by atoms with Crippen LogP contribution in [0.2, 0.25) is 0 Å². The highest BCUT2D eigenvalue weighted by molar-refractivity contribution is 5.83. The molecule has 2 atom stereocenters. The summed E-state index contributed by atoms with van der Waals surface area (Å²) in [5, 5.41) is 0. The fourth-order valence-electron chi connectivity index (χ4n) is 3.28. The second kappa shape index (κ2) is 5.72. The van der Waals surface area contributed by atoms with Crippen LogP contribution in [0, 0.1) is 23.5 Å². The van der Waals surface area contributed by atoms with Crippen molar-refractivity contribution in [2.75, 3.05) is 19.6 Å². The molecule has 1 aromatic rings. The van der Waals surface area contributed by atoms with E-state index in [1.807, 2.05) is 4.90 Å². The molecular formula is C16H20F2N2O. The van der Waals surface area contributed by atoms with E-state index in [1.165, 1.54) is 18.2 Å². The summed E-state index contributed by atoms with van der Waals surface area (Å²) in [5.41, 5.74) is 5.72. The first kappa shape index (κ1) is 14.4. The average molecular weight is 294 g/mol. The number of hydrogen-bond donors (Lipinski definition) is 1. The van der Waals surface area contributed by atoms with Crippen molar-refractivity contribution in [3.05, 3.63) is 35.4 Å². The van der Waals surface area contributed by atoms with Crippen molar-refractivity contribution in [3.8, 4) is 0 Å². The molecule has 5 heteroatoms. The molecule has 1 amide bonds. The van der Waals surface area contributed by atoms with Gasteiger partial charge in [0, 0.05) is 30.5 Å². The van der Waals surface area contributed by atoms with Crippen LogP contribution in [-0.2, 0) is 4.79 Å². The van der Waals surface area contributed by atoms with E-state index in [1.54, 1.807) is 0 Å². The van der Waals surface area contributed by atoms with Gasteiger partial charge in [-0.25, -0.2) is 8.78 Å². The van der Waals surface area contributed by atoms with Crippen LogP contribution in [0.3, 0.4) is 0 Å². The molecule has 2 fully saturated rings. The molecule has 3 rings (SSSR count). The number of carbonyl (C=O) groups is 1. The highest BCUT2D eigenvalue weighted by Crippen LogP contribution is 2.50. The fourth-order valence-corrected chi connectivity index (χ4v) is 3.28. The number of likely N-dealkylation sites (tertiary alicyclic amines) is 1. The van der Waals surface area contributed by atoms with Gasteiger partial charge in [-0.1, -0.05) is 6.07 Å². The molecule has 1 aromatic carbocycles. The zero-order chi connectivity index (χ0) is 15.0. The first-order valence-corrected chi connectivity index (χ1v) is 7.54. The van der Waals surface area contributed by atoms with Crippen LogP contribution < -0.4 is 5.73 Å². The van der Waals surface area contributed by atoms with Crippen molar-refractivity contribution in [1.82, 2.24) is 4.90 Å². The molecule has 0 spiro atoms. The zero-order valence-electron chi connectivity index (χ0n) is 11.9. The Labute approximate surface area is 123 Å². The second-order valence-corrected chi connectivity index (χ2v) is 6.09. The van der Waals surface area contributed by atoms with E-state index in [2.05, 4.69) is 0 Å².